The zero-order chi connectivity index (χ0) is 20.5. The van der Waals surface area contributed by atoms with E-state index in [1.54, 1.807) is 4.90 Å². The molecule has 0 spiro atoms. The summed E-state index contributed by atoms with van der Waals surface area (Å²) >= 11 is 0. The summed E-state index contributed by atoms with van der Waals surface area (Å²) in [5, 5.41) is 12.9. The van der Waals surface area contributed by atoms with Gasteiger partial charge in [0.2, 0.25) is 5.82 Å². The Morgan fingerprint density at radius 1 is 1.14 bits per heavy atom. The molecule has 1 aliphatic rings. The summed E-state index contributed by atoms with van der Waals surface area (Å²) in [5.74, 6) is 1.52. The number of nitrogens with zero attached hydrogens (tertiary/aromatic N) is 5. The number of anilines is 1. The first-order chi connectivity index (χ1) is 13.2. The van der Waals surface area contributed by atoms with Gasteiger partial charge in [-0.1, -0.05) is 32.9 Å². The summed E-state index contributed by atoms with van der Waals surface area (Å²) < 4.78 is 2.07. The molecule has 6 heteroatoms. The Morgan fingerprint density at radius 2 is 1.82 bits per heavy atom. The molecule has 0 amide bonds. The van der Waals surface area contributed by atoms with Crippen LogP contribution in [0.2, 0.25) is 0 Å². The number of hydrogen-bond acceptors (Lipinski definition) is 4. The molecular weight excluding hydrogens is 348 g/mol. The maximum Gasteiger partial charge on any atom is 0.210 e. The van der Waals surface area contributed by atoms with E-state index in [-0.39, 0.29) is 5.54 Å². The lowest BCUT2D eigenvalue weighted by atomic mass is 9.97. The summed E-state index contributed by atoms with van der Waals surface area (Å²) in [6.07, 6.45) is 1.01. The molecule has 1 saturated heterocycles. The molecule has 6 nitrogen and oxygen atoms in total. The molecule has 1 aromatic carbocycles. The highest BCUT2D eigenvalue weighted by molar-refractivity contribution is 5.55. The zero-order valence-corrected chi connectivity index (χ0v) is 18.7. The molecule has 3 rings (SSSR count). The normalized spacial score (nSPS) is 17.4. The Hall–Kier alpha value is -1.95. The van der Waals surface area contributed by atoms with Gasteiger partial charge in [0, 0.05) is 11.6 Å². The fourth-order valence-corrected chi connectivity index (χ4v) is 4.33. The molecule has 1 N–H and O–H groups in total. The number of aromatic nitrogens is 4. The summed E-state index contributed by atoms with van der Waals surface area (Å²) in [4.78, 5) is 4.14. The summed E-state index contributed by atoms with van der Waals surface area (Å²) in [5.41, 5.74) is 4.02. The van der Waals surface area contributed by atoms with Crippen LogP contribution in [0.5, 0.6) is 0 Å². The lowest BCUT2D eigenvalue weighted by Gasteiger charge is -2.39. The van der Waals surface area contributed by atoms with Crippen molar-refractivity contribution >= 4 is 5.69 Å². The van der Waals surface area contributed by atoms with Crippen molar-refractivity contribution in [2.45, 2.75) is 66.5 Å². The number of nitrogens with one attached hydrogen (secondary N) is 1. The van der Waals surface area contributed by atoms with Crippen molar-refractivity contribution in [3.05, 3.63) is 35.2 Å². The maximum absolute atomic E-state index is 4.50. The number of rotatable bonds is 6. The van der Waals surface area contributed by atoms with Gasteiger partial charge < -0.3 is 9.80 Å². The summed E-state index contributed by atoms with van der Waals surface area (Å²) in [6.45, 7) is 20.0. The van der Waals surface area contributed by atoms with Gasteiger partial charge in [0.05, 0.1) is 31.7 Å². The van der Waals surface area contributed by atoms with Gasteiger partial charge in [0.25, 0.3) is 0 Å². The highest BCUT2D eigenvalue weighted by Crippen LogP contribution is 2.25. The van der Waals surface area contributed by atoms with E-state index in [0.717, 1.165) is 38.4 Å². The minimum absolute atomic E-state index is 0.0636. The van der Waals surface area contributed by atoms with Crippen LogP contribution >= 0.6 is 0 Å². The summed E-state index contributed by atoms with van der Waals surface area (Å²) in [7, 11) is 0. The molecular formula is C22H37N6+. The fraction of sp³-hybridized carbons (Fsp3) is 0.682. The largest absolute Gasteiger partial charge is 0.360 e. The number of piperazine rings is 1. The van der Waals surface area contributed by atoms with Crippen LogP contribution in [-0.4, -0.2) is 46.4 Å². The number of tetrazole rings is 1. The predicted octanol–water partition coefficient (Wildman–Crippen LogP) is 2.54. The quantitative estimate of drug-likeness (QED) is 0.830. The molecule has 0 radical (unpaired) electrons. The molecule has 0 saturated carbocycles. The lowest BCUT2D eigenvalue weighted by Crippen LogP contribution is -3.15. The predicted molar refractivity (Wildman–Crippen MR) is 114 cm³/mol. The second-order valence-corrected chi connectivity index (χ2v) is 9.27. The number of quaternary nitrogens is 1. The number of benzene rings is 1. The molecule has 1 fully saturated rings. The van der Waals surface area contributed by atoms with E-state index in [0.29, 0.717) is 12.0 Å². The molecule has 2 aromatic rings. The molecule has 1 atom stereocenters. The van der Waals surface area contributed by atoms with E-state index < -0.39 is 0 Å². The van der Waals surface area contributed by atoms with Crippen LogP contribution in [0.15, 0.2) is 18.2 Å². The van der Waals surface area contributed by atoms with E-state index in [4.69, 9.17) is 0 Å². The van der Waals surface area contributed by atoms with Crippen molar-refractivity contribution in [2.24, 2.45) is 5.92 Å². The summed E-state index contributed by atoms with van der Waals surface area (Å²) in [6, 6.07) is 7.08. The SMILES string of the molecule is CCC(C)(C)n1nnnc1[C@@H](C(C)C)[NH+]1CCN(c2cc(C)ccc2C)CC1. The molecule has 0 aliphatic carbocycles. The Labute approximate surface area is 169 Å². The minimum atomic E-state index is -0.0636. The fourth-order valence-electron chi connectivity index (χ4n) is 4.33. The van der Waals surface area contributed by atoms with Crippen LogP contribution in [0.3, 0.4) is 0 Å². The van der Waals surface area contributed by atoms with Gasteiger partial charge in [0.15, 0.2) is 6.04 Å². The van der Waals surface area contributed by atoms with Gasteiger partial charge in [-0.25, -0.2) is 4.68 Å². The molecule has 1 aromatic heterocycles. The van der Waals surface area contributed by atoms with Crippen molar-refractivity contribution < 1.29 is 4.90 Å². The molecule has 0 unspecified atom stereocenters. The van der Waals surface area contributed by atoms with Gasteiger partial charge in [-0.05, 0) is 61.7 Å². The molecule has 2 heterocycles. The Bertz CT molecular complexity index is 786. The Kier molecular flexibility index (Phi) is 6.08. The van der Waals surface area contributed by atoms with Crippen LogP contribution in [0.1, 0.15) is 64.0 Å². The second-order valence-electron chi connectivity index (χ2n) is 9.27. The first kappa shape index (κ1) is 20.8. The molecule has 28 heavy (non-hydrogen) atoms. The third kappa shape index (κ3) is 4.07. The van der Waals surface area contributed by atoms with Gasteiger partial charge in [-0.3, -0.25) is 0 Å². The number of aryl methyl sites for hydroxylation is 2. The first-order valence-electron chi connectivity index (χ1n) is 10.7. The van der Waals surface area contributed by atoms with E-state index in [1.807, 2.05) is 0 Å². The van der Waals surface area contributed by atoms with Crippen LogP contribution in [0.4, 0.5) is 5.69 Å². The van der Waals surface area contributed by atoms with Crippen LogP contribution in [0, 0.1) is 19.8 Å². The highest BCUT2D eigenvalue weighted by Gasteiger charge is 2.37. The monoisotopic (exact) mass is 385 g/mol. The average molecular weight is 386 g/mol. The van der Waals surface area contributed by atoms with E-state index in [1.165, 1.54) is 16.8 Å². The molecule has 0 bridgehead atoms. The van der Waals surface area contributed by atoms with Gasteiger partial charge in [-0.15, -0.1) is 5.10 Å². The molecule has 1 aliphatic heterocycles. The van der Waals surface area contributed by atoms with Crippen LogP contribution < -0.4 is 9.80 Å². The second kappa shape index (κ2) is 8.19. The lowest BCUT2D eigenvalue weighted by molar-refractivity contribution is -0.937. The number of hydrogen-bond donors (Lipinski definition) is 1. The Balaban J connectivity index is 1.80. The smallest absolute Gasteiger partial charge is 0.210 e. The van der Waals surface area contributed by atoms with Crippen molar-refractivity contribution in [1.82, 2.24) is 20.2 Å². The van der Waals surface area contributed by atoms with Gasteiger partial charge in [-0.2, -0.15) is 0 Å². The average Bonchev–Trinajstić information content (AvgIpc) is 3.14. The third-order valence-electron chi connectivity index (χ3n) is 6.43. The highest BCUT2D eigenvalue weighted by atomic mass is 15.6. The van der Waals surface area contributed by atoms with Gasteiger partial charge in [0.1, 0.15) is 0 Å². The third-order valence-corrected chi connectivity index (χ3v) is 6.43. The van der Waals surface area contributed by atoms with E-state index in [9.17, 15) is 0 Å². The van der Waals surface area contributed by atoms with Crippen molar-refractivity contribution in [3.63, 3.8) is 0 Å². The maximum atomic E-state index is 4.50. The standard InChI is InChI=1S/C22H36N6/c1-8-22(6,7)28-21(23-24-25-28)20(16(2)3)27-13-11-26(12-14-27)19-15-17(4)9-10-18(19)5/h9-10,15-16,20H,8,11-14H2,1-7H3/p+1/t20-/m1/s1. The van der Waals surface area contributed by atoms with Crippen molar-refractivity contribution in [3.8, 4) is 0 Å². The van der Waals surface area contributed by atoms with Crippen LogP contribution in [0.25, 0.3) is 0 Å². The van der Waals surface area contributed by atoms with Gasteiger partial charge >= 0.3 is 0 Å². The first-order valence-corrected chi connectivity index (χ1v) is 10.7. The van der Waals surface area contributed by atoms with Crippen LogP contribution in [-0.2, 0) is 5.54 Å². The zero-order valence-electron chi connectivity index (χ0n) is 18.7. The topological polar surface area (TPSA) is 51.3 Å². The van der Waals surface area contributed by atoms with Crippen molar-refractivity contribution in [2.75, 3.05) is 31.1 Å². The van der Waals surface area contributed by atoms with E-state index in [2.05, 4.69) is 91.8 Å². The molecule has 154 valence electrons. The van der Waals surface area contributed by atoms with Crippen molar-refractivity contribution in [1.29, 1.82) is 0 Å². The Morgan fingerprint density at radius 3 is 2.43 bits per heavy atom. The minimum Gasteiger partial charge on any atom is -0.360 e. The van der Waals surface area contributed by atoms with E-state index >= 15 is 0 Å².